The van der Waals surface area contributed by atoms with Crippen molar-refractivity contribution in [3.8, 4) is 0 Å². The van der Waals surface area contributed by atoms with Gasteiger partial charge in [-0.25, -0.2) is 8.42 Å². The normalized spacial score (nSPS) is 20.0. The Labute approximate surface area is 132 Å². The lowest BCUT2D eigenvalue weighted by Crippen LogP contribution is -2.41. The standard InChI is InChI=1S/C16H23NO4S/c1-3-9-17(15-8-10-22(19,20)12-15)16(18)14-6-4-13(5-7-14)11-21-2/h4-7,15H,3,8-12H2,1-2H3/t15-/m1/s1. The number of carbonyl (C=O) groups is 1. The van der Waals surface area contributed by atoms with Crippen molar-refractivity contribution in [1.29, 1.82) is 0 Å². The number of carbonyl (C=O) groups excluding carboxylic acids is 1. The van der Waals surface area contributed by atoms with Crippen LogP contribution in [0.5, 0.6) is 0 Å². The molecule has 1 amide bonds. The zero-order chi connectivity index (χ0) is 16.2. The molecule has 1 fully saturated rings. The van der Waals surface area contributed by atoms with Crippen molar-refractivity contribution in [3.63, 3.8) is 0 Å². The minimum absolute atomic E-state index is 0.0838. The molecule has 1 saturated heterocycles. The van der Waals surface area contributed by atoms with Crippen LogP contribution >= 0.6 is 0 Å². The van der Waals surface area contributed by atoms with Gasteiger partial charge >= 0.3 is 0 Å². The molecule has 0 bridgehead atoms. The van der Waals surface area contributed by atoms with Gasteiger partial charge in [0.2, 0.25) is 0 Å². The monoisotopic (exact) mass is 325 g/mol. The average molecular weight is 325 g/mol. The zero-order valence-electron chi connectivity index (χ0n) is 13.1. The predicted octanol–water partition coefficient (Wildman–Crippen LogP) is 1.87. The van der Waals surface area contributed by atoms with E-state index in [0.29, 0.717) is 25.1 Å². The van der Waals surface area contributed by atoms with Crippen LogP contribution in [0.2, 0.25) is 0 Å². The first kappa shape index (κ1) is 17.0. The summed E-state index contributed by atoms with van der Waals surface area (Å²) in [6.07, 6.45) is 1.35. The Morgan fingerprint density at radius 1 is 1.32 bits per heavy atom. The highest BCUT2D eigenvalue weighted by molar-refractivity contribution is 7.91. The summed E-state index contributed by atoms with van der Waals surface area (Å²) in [5, 5.41) is 0. The van der Waals surface area contributed by atoms with Crippen molar-refractivity contribution in [1.82, 2.24) is 4.90 Å². The molecule has 0 radical (unpaired) electrons. The van der Waals surface area contributed by atoms with Crippen molar-refractivity contribution in [3.05, 3.63) is 35.4 Å². The summed E-state index contributed by atoms with van der Waals surface area (Å²) in [5.41, 5.74) is 1.60. The Morgan fingerprint density at radius 2 is 2.00 bits per heavy atom. The van der Waals surface area contributed by atoms with E-state index in [-0.39, 0.29) is 23.5 Å². The van der Waals surface area contributed by atoms with E-state index in [2.05, 4.69) is 0 Å². The molecule has 2 rings (SSSR count). The molecule has 122 valence electrons. The van der Waals surface area contributed by atoms with E-state index in [4.69, 9.17) is 4.74 Å². The van der Waals surface area contributed by atoms with E-state index in [1.807, 2.05) is 19.1 Å². The number of methoxy groups -OCH3 is 1. The van der Waals surface area contributed by atoms with E-state index in [1.54, 1.807) is 24.1 Å². The molecule has 1 aromatic carbocycles. The maximum atomic E-state index is 12.7. The van der Waals surface area contributed by atoms with Gasteiger partial charge in [0.15, 0.2) is 9.84 Å². The summed E-state index contributed by atoms with van der Waals surface area (Å²) in [6.45, 7) is 3.08. The van der Waals surface area contributed by atoms with E-state index in [0.717, 1.165) is 12.0 Å². The number of hydrogen-bond donors (Lipinski definition) is 0. The molecular formula is C16H23NO4S. The highest BCUT2D eigenvalue weighted by Gasteiger charge is 2.34. The highest BCUT2D eigenvalue weighted by atomic mass is 32.2. The summed E-state index contributed by atoms with van der Waals surface area (Å²) in [7, 11) is -1.37. The Bertz CT molecular complexity index is 610. The SMILES string of the molecule is CCCN(C(=O)c1ccc(COC)cc1)[C@@H]1CCS(=O)(=O)C1. The Morgan fingerprint density at radius 3 is 2.50 bits per heavy atom. The predicted molar refractivity (Wildman–Crippen MR) is 85.5 cm³/mol. The minimum Gasteiger partial charge on any atom is -0.380 e. The third-order valence-electron chi connectivity index (χ3n) is 3.89. The Balaban J connectivity index is 2.15. The molecule has 0 unspecified atom stereocenters. The summed E-state index contributed by atoms with van der Waals surface area (Å²) >= 11 is 0. The van der Waals surface area contributed by atoms with E-state index in [9.17, 15) is 13.2 Å². The lowest BCUT2D eigenvalue weighted by molar-refractivity contribution is 0.0697. The van der Waals surface area contributed by atoms with Crippen molar-refractivity contribution >= 4 is 15.7 Å². The van der Waals surface area contributed by atoms with Gasteiger partial charge in [0.25, 0.3) is 5.91 Å². The van der Waals surface area contributed by atoms with Gasteiger partial charge in [-0.05, 0) is 30.5 Å². The van der Waals surface area contributed by atoms with E-state index < -0.39 is 9.84 Å². The number of hydrogen-bond acceptors (Lipinski definition) is 4. The maximum Gasteiger partial charge on any atom is 0.254 e. The number of amides is 1. The van der Waals surface area contributed by atoms with Crippen molar-refractivity contribution < 1.29 is 17.9 Å². The quantitative estimate of drug-likeness (QED) is 0.801. The number of benzene rings is 1. The van der Waals surface area contributed by atoms with E-state index >= 15 is 0 Å². The number of sulfone groups is 1. The van der Waals surface area contributed by atoms with Crippen LogP contribution in [-0.4, -0.2) is 50.4 Å². The first-order valence-electron chi connectivity index (χ1n) is 7.56. The topological polar surface area (TPSA) is 63.7 Å². The van der Waals surface area contributed by atoms with Crippen LogP contribution < -0.4 is 0 Å². The molecule has 1 aliphatic rings. The maximum absolute atomic E-state index is 12.7. The van der Waals surface area contributed by atoms with Gasteiger partial charge in [0.05, 0.1) is 18.1 Å². The van der Waals surface area contributed by atoms with Crippen LogP contribution in [0.15, 0.2) is 24.3 Å². The molecule has 6 heteroatoms. The minimum atomic E-state index is -3.00. The van der Waals surface area contributed by atoms with Gasteiger partial charge in [0.1, 0.15) is 0 Å². The van der Waals surface area contributed by atoms with E-state index in [1.165, 1.54) is 0 Å². The molecule has 0 aliphatic carbocycles. The Kier molecular flexibility index (Phi) is 5.58. The number of rotatable bonds is 6. The molecule has 0 saturated carbocycles. The second-order valence-electron chi connectivity index (χ2n) is 5.69. The third kappa shape index (κ3) is 4.08. The molecule has 0 spiro atoms. The largest absolute Gasteiger partial charge is 0.380 e. The van der Waals surface area contributed by atoms with Crippen LogP contribution in [0.3, 0.4) is 0 Å². The van der Waals surface area contributed by atoms with Crippen LogP contribution in [0.25, 0.3) is 0 Å². The van der Waals surface area contributed by atoms with Crippen molar-refractivity contribution in [2.75, 3.05) is 25.2 Å². The van der Waals surface area contributed by atoms with Crippen LogP contribution in [0, 0.1) is 0 Å². The molecule has 1 aliphatic heterocycles. The zero-order valence-corrected chi connectivity index (χ0v) is 13.9. The van der Waals surface area contributed by atoms with Gasteiger partial charge in [-0.1, -0.05) is 19.1 Å². The third-order valence-corrected chi connectivity index (χ3v) is 5.64. The van der Waals surface area contributed by atoms with Gasteiger partial charge in [-0.2, -0.15) is 0 Å². The van der Waals surface area contributed by atoms with Gasteiger partial charge in [0, 0.05) is 25.3 Å². The van der Waals surface area contributed by atoms with Gasteiger partial charge in [-0.3, -0.25) is 4.79 Å². The summed E-state index contributed by atoms with van der Waals surface area (Å²) in [4.78, 5) is 14.4. The van der Waals surface area contributed by atoms with Crippen molar-refractivity contribution in [2.24, 2.45) is 0 Å². The summed E-state index contributed by atoms with van der Waals surface area (Å²) in [5.74, 6) is 0.172. The van der Waals surface area contributed by atoms with Crippen molar-refractivity contribution in [2.45, 2.75) is 32.4 Å². The fourth-order valence-electron chi connectivity index (χ4n) is 2.79. The van der Waals surface area contributed by atoms with Gasteiger partial charge in [-0.15, -0.1) is 0 Å². The fourth-order valence-corrected chi connectivity index (χ4v) is 4.52. The smallest absolute Gasteiger partial charge is 0.254 e. The highest BCUT2D eigenvalue weighted by Crippen LogP contribution is 2.20. The molecule has 0 aromatic heterocycles. The van der Waals surface area contributed by atoms with Crippen LogP contribution in [0.4, 0.5) is 0 Å². The van der Waals surface area contributed by atoms with Crippen LogP contribution in [-0.2, 0) is 21.2 Å². The first-order chi connectivity index (χ1) is 10.5. The number of ether oxygens (including phenoxy) is 1. The molecule has 1 atom stereocenters. The van der Waals surface area contributed by atoms with Crippen LogP contribution in [0.1, 0.15) is 35.7 Å². The fraction of sp³-hybridized carbons (Fsp3) is 0.562. The average Bonchev–Trinajstić information content (AvgIpc) is 2.85. The Hall–Kier alpha value is -1.40. The molecule has 1 heterocycles. The molecule has 22 heavy (non-hydrogen) atoms. The number of nitrogens with zero attached hydrogens (tertiary/aromatic N) is 1. The molecule has 5 nitrogen and oxygen atoms in total. The second kappa shape index (κ2) is 7.24. The lowest BCUT2D eigenvalue weighted by Gasteiger charge is -2.28. The molecular weight excluding hydrogens is 302 g/mol. The molecule has 1 aromatic rings. The second-order valence-corrected chi connectivity index (χ2v) is 7.91. The molecule has 0 N–H and O–H groups in total. The summed E-state index contributed by atoms with van der Waals surface area (Å²) < 4.78 is 28.4. The lowest BCUT2D eigenvalue weighted by atomic mass is 10.1. The first-order valence-corrected chi connectivity index (χ1v) is 9.38. The summed E-state index contributed by atoms with van der Waals surface area (Å²) in [6, 6.07) is 7.10. The van der Waals surface area contributed by atoms with Gasteiger partial charge < -0.3 is 9.64 Å².